The average Bonchev–Trinajstić information content (AvgIpc) is 2.85. The zero-order valence-electron chi connectivity index (χ0n) is 12.5. The van der Waals surface area contributed by atoms with Crippen LogP contribution in [0.5, 0.6) is 0 Å². The van der Waals surface area contributed by atoms with Gasteiger partial charge in [0.2, 0.25) is 5.91 Å². The van der Waals surface area contributed by atoms with E-state index in [2.05, 4.69) is 0 Å². The predicted molar refractivity (Wildman–Crippen MR) is 74.3 cm³/mol. The first-order valence-electron chi connectivity index (χ1n) is 7.33. The normalized spacial score (nSPS) is 30.6. The second kappa shape index (κ2) is 6.14. The number of phosphoric acid groups is 1. The van der Waals surface area contributed by atoms with Crippen LogP contribution < -0.4 is 0 Å². The van der Waals surface area contributed by atoms with Crippen molar-refractivity contribution in [1.82, 2.24) is 4.90 Å². The summed E-state index contributed by atoms with van der Waals surface area (Å²) in [6, 6.07) is -0.0296. The molecular weight excluding hydrogens is 281 g/mol. The Kier molecular flexibility index (Phi) is 4.90. The molecule has 2 rings (SSSR count). The van der Waals surface area contributed by atoms with E-state index in [1.54, 1.807) is 13.8 Å². The number of fused-ring (bicyclic) bond motifs is 1. The number of hydrogen-bond acceptors (Lipinski definition) is 5. The monoisotopic (exact) mass is 305 g/mol. The molecule has 0 bridgehead atoms. The largest absolute Gasteiger partial charge is 0.475 e. The fourth-order valence-electron chi connectivity index (χ4n) is 3.13. The van der Waals surface area contributed by atoms with Crippen molar-refractivity contribution in [3.8, 4) is 0 Å². The van der Waals surface area contributed by atoms with Crippen molar-refractivity contribution in [2.24, 2.45) is 0 Å². The first-order chi connectivity index (χ1) is 9.44. The lowest BCUT2D eigenvalue weighted by Gasteiger charge is -2.44. The number of amides is 1. The molecular formula is C13H24NO5P. The highest BCUT2D eigenvalue weighted by molar-refractivity contribution is 7.48. The van der Waals surface area contributed by atoms with Crippen molar-refractivity contribution < 1.29 is 22.9 Å². The van der Waals surface area contributed by atoms with Gasteiger partial charge in [0, 0.05) is 13.0 Å². The molecule has 0 aromatic rings. The summed E-state index contributed by atoms with van der Waals surface area (Å²) in [5.41, 5.74) is -0.662. The van der Waals surface area contributed by atoms with Crippen LogP contribution in [0.1, 0.15) is 46.5 Å². The average molecular weight is 305 g/mol. The van der Waals surface area contributed by atoms with E-state index in [4.69, 9.17) is 13.6 Å². The van der Waals surface area contributed by atoms with Crippen LogP contribution in [0, 0.1) is 0 Å². The quantitative estimate of drug-likeness (QED) is 0.706. The molecule has 2 saturated heterocycles. The molecule has 0 aliphatic carbocycles. The summed E-state index contributed by atoms with van der Waals surface area (Å²) < 4.78 is 28.9. The number of carbonyl (C=O) groups excluding carboxylic acids is 1. The number of phosphoric ester groups is 1. The van der Waals surface area contributed by atoms with Gasteiger partial charge in [-0.05, 0) is 40.0 Å². The minimum atomic E-state index is -3.56. The number of piperidine rings is 1. The molecule has 0 spiro atoms. The van der Waals surface area contributed by atoms with Gasteiger partial charge in [0.25, 0.3) is 0 Å². The lowest BCUT2D eigenvalue weighted by atomic mass is 9.86. The van der Waals surface area contributed by atoms with E-state index in [1.165, 1.54) is 0 Å². The Hall–Kier alpha value is -0.420. The van der Waals surface area contributed by atoms with Crippen LogP contribution in [0.25, 0.3) is 0 Å². The third-order valence-corrected chi connectivity index (χ3v) is 5.80. The molecule has 7 heteroatoms. The molecule has 2 fully saturated rings. The van der Waals surface area contributed by atoms with Crippen LogP contribution in [0.2, 0.25) is 0 Å². The Bertz CT molecular complexity index is 406. The summed E-state index contributed by atoms with van der Waals surface area (Å²) in [5, 5.41) is 0. The number of rotatable bonds is 6. The maximum atomic E-state index is 12.6. The molecule has 2 atom stereocenters. The van der Waals surface area contributed by atoms with E-state index in [-0.39, 0.29) is 25.2 Å². The molecule has 2 aliphatic heterocycles. The van der Waals surface area contributed by atoms with Gasteiger partial charge in [0.05, 0.1) is 24.9 Å². The molecule has 2 aliphatic rings. The van der Waals surface area contributed by atoms with Crippen molar-refractivity contribution in [3.05, 3.63) is 0 Å². The molecule has 0 N–H and O–H groups in total. The molecule has 20 heavy (non-hydrogen) atoms. The molecule has 2 heterocycles. The Labute approximate surface area is 120 Å². The highest BCUT2D eigenvalue weighted by Gasteiger charge is 2.51. The van der Waals surface area contributed by atoms with Crippen molar-refractivity contribution in [3.63, 3.8) is 0 Å². The number of nitrogens with zero attached hydrogens (tertiary/aromatic N) is 1. The summed E-state index contributed by atoms with van der Waals surface area (Å²) >= 11 is 0. The van der Waals surface area contributed by atoms with Crippen molar-refractivity contribution in [1.29, 1.82) is 0 Å². The van der Waals surface area contributed by atoms with Crippen LogP contribution in [0.3, 0.4) is 0 Å². The second-order valence-corrected chi connectivity index (χ2v) is 7.03. The Balaban J connectivity index is 2.17. The molecule has 0 aromatic heterocycles. The minimum Gasteiger partial charge on any atom is -0.337 e. The van der Waals surface area contributed by atoms with Gasteiger partial charge in [0.15, 0.2) is 0 Å². The van der Waals surface area contributed by atoms with E-state index in [0.29, 0.717) is 12.8 Å². The molecule has 0 aromatic carbocycles. The Morgan fingerprint density at radius 1 is 1.35 bits per heavy atom. The van der Waals surface area contributed by atoms with Crippen LogP contribution in [-0.4, -0.2) is 42.2 Å². The van der Waals surface area contributed by atoms with E-state index in [0.717, 1.165) is 19.4 Å². The van der Waals surface area contributed by atoms with Gasteiger partial charge in [-0.1, -0.05) is 0 Å². The minimum absolute atomic E-state index is 0.0296. The highest BCUT2D eigenvalue weighted by atomic mass is 31.2. The zero-order valence-corrected chi connectivity index (χ0v) is 13.4. The van der Waals surface area contributed by atoms with E-state index in [9.17, 15) is 9.36 Å². The molecule has 0 saturated carbocycles. The molecule has 1 amide bonds. The first-order valence-corrected chi connectivity index (χ1v) is 8.79. The maximum Gasteiger partial charge on any atom is 0.475 e. The van der Waals surface area contributed by atoms with Crippen LogP contribution in [0.4, 0.5) is 0 Å². The van der Waals surface area contributed by atoms with Gasteiger partial charge < -0.3 is 4.90 Å². The van der Waals surface area contributed by atoms with Gasteiger partial charge in [-0.25, -0.2) is 4.57 Å². The smallest absolute Gasteiger partial charge is 0.337 e. The highest BCUT2D eigenvalue weighted by Crippen LogP contribution is 2.56. The maximum absolute atomic E-state index is 12.6. The lowest BCUT2D eigenvalue weighted by molar-refractivity contribution is -0.145. The zero-order chi connectivity index (χ0) is 14.8. The third kappa shape index (κ3) is 3.08. The summed E-state index contributed by atoms with van der Waals surface area (Å²) in [6.45, 7) is 6.71. The lowest BCUT2D eigenvalue weighted by Crippen LogP contribution is -2.55. The topological polar surface area (TPSA) is 65.1 Å². The van der Waals surface area contributed by atoms with Gasteiger partial charge >= 0.3 is 7.82 Å². The Morgan fingerprint density at radius 2 is 2.00 bits per heavy atom. The van der Waals surface area contributed by atoms with Gasteiger partial charge in [-0.3, -0.25) is 18.4 Å². The standard InChI is InChI=1S/C13H24NO5P/c1-4-17-20(16,18-5-2)19-13(3)9-8-12(15)14-10-6-7-11(13)14/h11H,4-10H2,1-3H3/t11-,13-/m0/s1. The van der Waals surface area contributed by atoms with Crippen LogP contribution in [-0.2, 0) is 22.9 Å². The van der Waals surface area contributed by atoms with Crippen LogP contribution >= 0.6 is 7.82 Å². The van der Waals surface area contributed by atoms with E-state index >= 15 is 0 Å². The summed E-state index contributed by atoms with van der Waals surface area (Å²) in [7, 11) is -3.56. The van der Waals surface area contributed by atoms with E-state index < -0.39 is 13.4 Å². The van der Waals surface area contributed by atoms with Gasteiger partial charge in [-0.2, -0.15) is 0 Å². The molecule has 0 radical (unpaired) electrons. The number of hydrogen-bond donors (Lipinski definition) is 0. The van der Waals surface area contributed by atoms with Crippen molar-refractivity contribution in [2.45, 2.75) is 58.1 Å². The summed E-state index contributed by atoms with van der Waals surface area (Å²) in [6.07, 6.45) is 2.81. The molecule has 0 unspecified atom stereocenters. The fourth-order valence-corrected chi connectivity index (χ4v) is 4.67. The second-order valence-electron chi connectivity index (χ2n) is 5.43. The first kappa shape index (κ1) is 16.0. The SMILES string of the molecule is CCOP(=O)(OCC)O[C@@]1(C)CCC(=O)N2CCC[C@H]21. The summed E-state index contributed by atoms with van der Waals surface area (Å²) in [5.74, 6) is 0.163. The fraction of sp³-hybridized carbons (Fsp3) is 0.923. The van der Waals surface area contributed by atoms with Gasteiger partial charge in [-0.15, -0.1) is 0 Å². The molecule has 6 nitrogen and oxygen atoms in total. The van der Waals surface area contributed by atoms with Crippen LogP contribution in [0.15, 0.2) is 0 Å². The Morgan fingerprint density at radius 3 is 2.60 bits per heavy atom. The number of carbonyl (C=O) groups is 1. The van der Waals surface area contributed by atoms with E-state index in [1.807, 2.05) is 11.8 Å². The molecule has 116 valence electrons. The third-order valence-electron chi connectivity index (χ3n) is 4.01. The predicted octanol–water partition coefficient (Wildman–Crippen LogP) is 2.73. The van der Waals surface area contributed by atoms with Crippen molar-refractivity contribution in [2.75, 3.05) is 19.8 Å². The summed E-state index contributed by atoms with van der Waals surface area (Å²) in [4.78, 5) is 13.8. The van der Waals surface area contributed by atoms with Gasteiger partial charge in [0.1, 0.15) is 0 Å². The van der Waals surface area contributed by atoms with Crippen molar-refractivity contribution >= 4 is 13.7 Å².